The maximum absolute atomic E-state index is 12.7. The third-order valence-electron chi connectivity index (χ3n) is 2.74. The van der Waals surface area contributed by atoms with Gasteiger partial charge in [-0.15, -0.1) is 0 Å². The van der Waals surface area contributed by atoms with Gasteiger partial charge in [0.15, 0.2) is 0 Å². The molecular formula is C15H13F3N2O2. The monoisotopic (exact) mass is 310 g/mol. The van der Waals surface area contributed by atoms with E-state index in [1.54, 1.807) is 13.0 Å². The molecule has 0 bridgehead atoms. The van der Waals surface area contributed by atoms with Crippen LogP contribution in [0.15, 0.2) is 42.6 Å². The number of aromatic nitrogens is 1. The number of anilines is 1. The van der Waals surface area contributed by atoms with Crippen molar-refractivity contribution in [2.75, 3.05) is 11.9 Å². The number of carbonyl (C=O) groups is 1. The Hall–Kier alpha value is -2.57. The van der Waals surface area contributed by atoms with Crippen molar-refractivity contribution in [1.29, 1.82) is 0 Å². The van der Waals surface area contributed by atoms with E-state index in [1.165, 1.54) is 24.4 Å². The summed E-state index contributed by atoms with van der Waals surface area (Å²) in [5.41, 5.74) is -0.630. The number of benzene rings is 1. The topological polar surface area (TPSA) is 51.2 Å². The van der Waals surface area contributed by atoms with Crippen LogP contribution < -0.4 is 10.1 Å². The Labute approximate surface area is 124 Å². The first kappa shape index (κ1) is 15.8. The second-order valence-corrected chi connectivity index (χ2v) is 4.32. The molecule has 0 unspecified atom stereocenters. The van der Waals surface area contributed by atoms with E-state index in [9.17, 15) is 18.0 Å². The first-order valence-electron chi connectivity index (χ1n) is 6.48. The summed E-state index contributed by atoms with van der Waals surface area (Å²) >= 11 is 0. The maximum atomic E-state index is 12.7. The minimum absolute atomic E-state index is 0.0473. The molecule has 0 saturated carbocycles. The Morgan fingerprint density at radius 2 is 2.05 bits per heavy atom. The van der Waals surface area contributed by atoms with Gasteiger partial charge in [-0.25, -0.2) is 4.98 Å². The number of hydrogen-bond acceptors (Lipinski definition) is 3. The summed E-state index contributed by atoms with van der Waals surface area (Å²) in [5, 5.41) is 2.41. The number of halogens is 3. The summed E-state index contributed by atoms with van der Waals surface area (Å²) < 4.78 is 43.2. The molecule has 0 aliphatic carbocycles. The molecule has 0 atom stereocenters. The number of pyridine rings is 1. The van der Waals surface area contributed by atoms with E-state index in [-0.39, 0.29) is 17.1 Å². The first-order chi connectivity index (χ1) is 10.4. The largest absolute Gasteiger partial charge is 0.477 e. The molecule has 0 aliphatic heterocycles. The lowest BCUT2D eigenvalue weighted by Crippen LogP contribution is -2.15. The molecule has 1 aromatic heterocycles. The van der Waals surface area contributed by atoms with Crippen LogP contribution in [0.2, 0.25) is 0 Å². The molecule has 0 fully saturated rings. The van der Waals surface area contributed by atoms with Gasteiger partial charge in [-0.2, -0.15) is 13.2 Å². The molecule has 1 amide bonds. The third-order valence-corrected chi connectivity index (χ3v) is 2.74. The van der Waals surface area contributed by atoms with E-state index in [0.29, 0.717) is 6.61 Å². The predicted molar refractivity (Wildman–Crippen MR) is 74.8 cm³/mol. The van der Waals surface area contributed by atoms with Crippen molar-refractivity contribution in [3.05, 3.63) is 53.7 Å². The summed E-state index contributed by atoms with van der Waals surface area (Å²) in [7, 11) is 0. The van der Waals surface area contributed by atoms with Gasteiger partial charge in [-0.05, 0) is 37.3 Å². The molecule has 2 rings (SSSR count). The number of carbonyl (C=O) groups excluding carboxylic acids is 1. The lowest BCUT2D eigenvalue weighted by molar-refractivity contribution is -0.137. The summed E-state index contributed by atoms with van der Waals surface area (Å²) in [5.74, 6) is -0.453. The second-order valence-electron chi connectivity index (χ2n) is 4.32. The van der Waals surface area contributed by atoms with Crippen molar-refractivity contribution in [1.82, 2.24) is 4.98 Å². The molecule has 116 valence electrons. The summed E-state index contributed by atoms with van der Waals surface area (Å²) in [6, 6.07) is 7.44. The lowest BCUT2D eigenvalue weighted by Gasteiger charge is -2.11. The SMILES string of the molecule is CCOc1ncccc1C(=O)Nc1cccc(C(F)(F)F)c1. The van der Waals surface area contributed by atoms with E-state index < -0.39 is 17.6 Å². The number of ether oxygens (including phenoxy) is 1. The minimum atomic E-state index is -4.47. The van der Waals surface area contributed by atoms with E-state index in [4.69, 9.17) is 4.74 Å². The van der Waals surface area contributed by atoms with Crippen LogP contribution in [0.3, 0.4) is 0 Å². The van der Waals surface area contributed by atoms with Gasteiger partial charge in [0, 0.05) is 11.9 Å². The fourth-order valence-electron chi connectivity index (χ4n) is 1.79. The number of amides is 1. The minimum Gasteiger partial charge on any atom is -0.477 e. The molecule has 1 aromatic carbocycles. The van der Waals surface area contributed by atoms with E-state index in [0.717, 1.165) is 12.1 Å². The molecule has 0 saturated heterocycles. The summed E-state index contributed by atoms with van der Waals surface area (Å²) in [6.45, 7) is 2.06. The number of hydrogen-bond donors (Lipinski definition) is 1. The van der Waals surface area contributed by atoms with Crippen LogP contribution in [-0.4, -0.2) is 17.5 Å². The van der Waals surface area contributed by atoms with Crippen molar-refractivity contribution in [3.8, 4) is 5.88 Å². The number of nitrogens with one attached hydrogen (secondary N) is 1. The highest BCUT2D eigenvalue weighted by Crippen LogP contribution is 2.30. The average Bonchev–Trinajstić information content (AvgIpc) is 2.47. The van der Waals surface area contributed by atoms with Crippen LogP contribution in [0, 0.1) is 0 Å². The summed E-state index contributed by atoms with van der Waals surface area (Å²) in [6.07, 6.45) is -3.00. The van der Waals surface area contributed by atoms with Crippen molar-refractivity contribution < 1.29 is 22.7 Å². The molecule has 0 radical (unpaired) electrons. The van der Waals surface area contributed by atoms with Gasteiger partial charge in [0.1, 0.15) is 5.56 Å². The molecule has 1 heterocycles. The zero-order valence-electron chi connectivity index (χ0n) is 11.6. The van der Waals surface area contributed by atoms with Crippen LogP contribution >= 0.6 is 0 Å². The lowest BCUT2D eigenvalue weighted by atomic mass is 10.2. The fraction of sp³-hybridized carbons (Fsp3) is 0.200. The molecule has 1 N–H and O–H groups in total. The molecule has 0 spiro atoms. The third kappa shape index (κ3) is 3.75. The zero-order chi connectivity index (χ0) is 16.2. The first-order valence-corrected chi connectivity index (χ1v) is 6.48. The van der Waals surface area contributed by atoms with Crippen LogP contribution in [0.25, 0.3) is 0 Å². The standard InChI is InChI=1S/C15H13F3N2O2/c1-2-22-14-12(7-4-8-19-14)13(21)20-11-6-3-5-10(9-11)15(16,17)18/h3-9H,2H2,1H3,(H,20,21). The Morgan fingerprint density at radius 3 is 2.73 bits per heavy atom. The van der Waals surface area contributed by atoms with E-state index in [2.05, 4.69) is 10.3 Å². The van der Waals surface area contributed by atoms with E-state index in [1.807, 2.05) is 0 Å². The van der Waals surface area contributed by atoms with Gasteiger partial charge in [0.05, 0.1) is 12.2 Å². The number of rotatable bonds is 4. The predicted octanol–water partition coefficient (Wildman–Crippen LogP) is 3.75. The smallest absolute Gasteiger partial charge is 0.416 e. The maximum Gasteiger partial charge on any atom is 0.416 e. The number of nitrogens with zero attached hydrogens (tertiary/aromatic N) is 1. The Balaban J connectivity index is 2.23. The van der Waals surface area contributed by atoms with Crippen LogP contribution in [-0.2, 0) is 6.18 Å². The van der Waals surface area contributed by atoms with Crippen LogP contribution in [0.5, 0.6) is 5.88 Å². The fourth-order valence-corrected chi connectivity index (χ4v) is 1.79. The molecule has 2 aromatic rings. The van der Waals surface area contributed by atoms with Gasteiger partial charge in [-0.1, -0.05) is 6.07 Å². The van der Waals surface area contributed by atoms with E-state index >= 15 is 0 Å². The van der Waals surface area contributed by atoms with Crippen LogP contribution in [0.1, 0.15) is 22.8 Å². The average molecular weight is 310 g/mol. The Bertz CT molecular complexity index is 672. The van der Waals surface area contributed by atoms with Crippen molar-refractivity contribution in [3.63, 3.8) is 0 Å². The molecule has 22 heavy (non-hydrogen) atoms. The normalized spacial score (nSPS) is 11.1. The van der Waals surface area contributed by atoms with Gasteiger partial charge >= 0.3 is 6.18 Å². The zero-order valence-corrected chi connectivity index (χ0v) is 11.6. The van der Waals surface area contributed by atoms with Gasteiger partial charge in [0.2, 0.25) is 5.88 Å². The highest BCUT2D eigenvalue weighted by molar-refractivity contribution is 6.05. The Kier molecular flexibility index (Phi) is 4.65. The Morgan fingerprint density at radius 1 is 1.27 bits per heavy atom. The summed E-state index contributed by atoms with van der Waals surface area (Å²) in [4.78, 5) is 16.1. The quantitative estimate of drug-likeness (QED) is 0.935. The molecule has 7 heteroatoms. The molecule has 4 nitrogen and oxygen atoms in total. The van der Waals surface area contributed by atoms with Gasteiger partial charge in [0.25, 0.3) is 5.91 Å². The molecule has 0 aliphatic rings. The van der Waals surface area contributed by atoms with Crippen LogP contribution in [0.4, 0.5) is 18.9 Å². The van der Waals surface area contributed by atoms with Crippen molar-refractivity contribution in [2.45, 2.75) is 13.1 Å². The highest BCUT2D eigenvalue weighted by atomic mass is 19.4. The van der Waals surface area contributed by atoms with Gasteiger partial charge in [-0.3, -0.25) is 4.79 Å². The second kappa shape index (κ2) is 6.46. The number of alkyl halides is 3. The molecular weight excluding hydrogens is 297 g/mol. The highest BCUT2D eigenvalue weighted by Gasteiger charge is 2.30. The van der Waals surface area contributed by atoms with Crippen molar-refractivity contribution >= 4 is 11.6 Å². The van der Waals surface area contributed by atoms with Crippen molar-refractivity contribution in [2.24, 2.45) is 0 Å². The van der Waals surface area contributed by atoms with Gasteiger partial charge < -0.3 is 10.1 Å².